The highest BCUT2D eigenvalue weighted by molar-refractivity contribution is 5.75. The molecule has 1 aliphatic heterocycles. The summed E-state index contributed by atoms with van der Waals surface area (Å²) in [6.07, 6.45) is -4.05. The summed E-state index contributed by atoms with van der Waals surface area (Å²) in [5.74, 6) is -2.21. The van der Waals surface area contributed by atoms with Crippen LogP contribution in [0.25, 0.3) is 0 Å². The van der Waals surface area contributed by atoms with Crippen LogP contribution in [0.3, 0.4) is 0 Å². The van der Waals surface area contributed by atoms with Crippen LogP contribution in [0, 0.1) is 0 Å². The Labute approximate surface area is 184 Å². The van der Waals surface area contributed by atoms with Crippen molar-refractivity contribution in [3.05, 3.63) is 29.8 Å². The lowest BCUT2D eigenvalue weighted by Crippen LogP contribution is -2.67. The molecular weight excluding hydrogens is 426 g/mol. The van der Waals surface area contributed by atoms with Gasteiger partial charge in [0.2, 0.25) is 12.2 Å². The van der Waals surface area contributed by atoms with E-state index in [0.717, 1.165) is 13.8 Å². The maximum absolute atomic E-state index is 11.9. The molecule has 174 valence electrons. The van der Waals surface area contributed by atoms with Gasteiger partial charge in [0.05, 0.1) is 0 Å². The van der Waals surface area contributed by atoms with Crippen LogP contribution in [0.1, 0.15) is 38.1 Å². The van der Waals surface area contributed by atoms with E-state index in [9.17, 15) is 24.0 Å². The third-order valence-electron chi connectivity index (χ3n) is 4.34. The van der Waals surface area contributed by atoms with Gasteiger partial charge in [-0.15, -0.1) is 0 Å². The van der Waals surface area contributed by atoms with Gasteiger partial charge < -0.3 is 29.0 Å². The Kier molecular flexibility index (Phi) is 8.71. The number of hydrogen-bond acceptors (Lipinski definition) is 10. The molecule has 0 aliphatic carbocycles. The Morgan fingerprint density at radius 2 is 1.53 bits per heavy atom. The number of carbonyl (C=O) groups excluding carboxylic acids is 5. The number of amides is 1. The average Bonchev–Trinajstić information content (AvgIpc) is 2.70. The fourth-order valence-electron chi connectivity index (χ4n) is 3.15. The van der Waals surface area contributed by atoms with Crippen molar-refractivity contribution in [2.45, 2.75) is 58.3 Å². The number of esters is 3. The summed E-state index contributed by atoms with van der Waals surface area (Å²) in [7, 11) is 0. The molecule has 1 heterocycles. The molecule has 1 saturated heterocycles. The van der Waals surface area contributed by atoms with Gasteiger partial charge in [0.25, 0.3) is 0 Å². The number of benzene rings is 1. The van der Waals surface area contributed by atoms with E-state index < -0.39 is 54.5 Å². The van der Waals surface area contributed by atoms with Crippen LogP contribution in [0.5, 0.6) is 5.75 Å². The van der Waals surface area contributed by atoms with Gasteiger partial charge in [0.15, 0.2) is 12.2 Å². The van der Waals surface area contributed by atoms with Crippen molar-refractivity contribution in [2.24, 2.45) is 0 Å². The zero-order valence-corrected chi connectivity index (χ0v) is 18.1. The Morgan fingerprint density at radius 1 is 0.938 bits per heavy atom. The third kappa shape index (κ3) is 7.05. The topological polar surface area (TPSA) is 144 Å². The first-order chi connectivity index (χ1) is 15.1. The van der Waals surface area contributed by atoms with Gasteiger partial charge in [-0.1, -0.05) is 0 Å². The molecule has 32 heavy (non-hydrogen) atoms. The molecule has 1 aromatic carbocycles. The monoisotopic (exact) mass is 451 g/mol. The predicted molar refractivity (Wildman–Crippen MR) is 106 cm³/mol. The van der Waals surface area contributed by atoms with Crippen molar-refractivity contribution in [3.63, 3.8) is 0 Å². The van der Waals surface area contributed by atoms with Crippen LogP contribution < -0.4 is 10.1 Å². The van der Waals surface area contributed by atoms with Crippen molar-refractivity contribution in [2.75, 3.05) is 6.61 Å². The van der Waals surface area contributed by atoms with Crippen LogP contribution in [0.4, 0.5) is 0 Å². The van der Waals surface area contributed by atoms with Crippen LogP contribution in [0.15, 0.2) is 24.3 Å². The lowest BCUT2D eigenvalue weighted by atomic mass is 9.96. The maximum atomic E-state index is 11.9. The minimum atomic E-state index is -1.22. The second kappa shape index (κ2) is 11.2. The van der Waals surface area contributed by atoms with E-state index in [1.54, 1.807) is 0 Å². The number of aldehydes is 1. The fourth-order valence-corrected chi connectivity index (χ4v) is 3.15. The highest BCUT2D eigenvalue weighted by atomic mass is 16.7. The van der Waals surface area contributed by atoms with Crippen LogP contribution in [0.2, 0.25) is 0 Å². The molecule has 1 N–H and O–H groups in total. The molecule has 0 bridgehead atoms. The quantitative estimate of drug-likeness (QED) is 0.338. The largest absolute Gasteiger partial charge is 0.463 e. The Hall–Kier alpha value is -3.47. The van der Waals surface area contributed by atoms with E-state index in [1.807, 2.05) is 0 Å². The summed E-state index contributed by atoms with van der Waals surface area (Å²) < 4.78 is 27.4. The molecular formula is C21H25NO10. The molecule has 11 nitrogen and oxygen atoms in total. The van der Waals surface area contributed by atoms with Gasteiger partial charge in [-0.2, -0.15) is 0 Å². The standard InChI is InChI=1S/C21H25NO10/c1-11(24)22-18-20(30-14(4)27)19(29-13(3)26)17(10-28-12(2)25)32-21(18)31-16-7-5-15(9-23)6-8-16/h5-9,17-21H,10H2,1-4H3,(H,22,24)/t17?,18?,19-,20?,21?/m1/s1. The predicted octanol–water partition coefficient (Wildman–Crippen LogP) is 0.534. The summed E-state index contributed by atoms with van der Waals surface area (Å²) in [5, 5.41) is 2.60. The highest BCUT2D eigenvalue weighted by Crippen LogP contribution is 2.29. The van der Waals surface area contributed by atoms with Gasteiger partial charge >= 0.3 is 17.9 Å². The summed E-state index contributed by atoms with van der Waals surface area (Å²) in [6.45, 7) is 4.41. The molecule has 1 aliphatic rings. The van der Waals surface area contributed by atoms with E-state index in [0.29, 0.717) is 11.8 Å². The molecule has 4 unspecified atom stereocenters. The Balaban J connectivity index is 2.43. The molecule has 5 atom stereocenters. The minimum absolute atomic E-state index is 0.287. The molecule has 0 radical (unpaired) electrons. The number of hydrogen-bond donors (Lipinski definition) is 1. The van der Waals surface area contributed by atoms with Crippen LogP contribution >= 0.6 is 0 Å². The second-order valence-corrected chi connectivity index (χ2v) is 7.02. The molecule has 2 rings (SSSR count). The summed E-state index contributed by atoms with van der Waals surface area (Å²) in [4.78, 5) is 57.6. The first kappa shape index (κ1) is 24.8. The zero-order chi connectivity index (χ0) is 23.8. The third-order valence-corrected chi connectivity index (χ3v) is 4.34. The Bertz CT molecular complexity index is 853. The van der Waals surface area contributed by atoms with Gasteiger partial charge in [-0.05, 0) is 24.3 Å². The lowest BCUT2D eigenvalue weighted by Gasteiger charge is -2.44. The number of rotatable bonds is 8. The normalized spacial score (nSPS) is 24.6. The summed E-state index contributed by atoms with van der Waals surface area (Å²) >= 11 is 0. The van der Waals surface area contributed by atoms with Crippen LogP contribution in [-0.2, 0) is 38.1 Å². The van der Waals surface area contributed by atoms with Gasteiger partial charge in [-0.25, -0.2) is 0 Å². The molecule has 0 aromatic heterocycles. The fraction of sp³-hybridized carbons (Fsp3) is 0.476. The smallest absolute Gasteiger partial charge is 0.303 e. The molecule has 1 aromatic rings. The van der Waals surface area contributed by atoms with Crippen molar-refractivity contribution in [1.29, 1.82) is 0 Å². The number of ether oxygens (including phenoxy) is 5. The summed E-state index contributed by atoms with van der Waals surface area (Å²) in [5.41, 5.74) is 0.417. The van der Waals surface area contributed by atoms with Gasteiger partial charge in [0.1, 0.15) is 30.8 Å². The number of nitrogens with one attached hydrogen (secondary N) is 1. The average molecular weight is 451 g/mol. The molecule has 0 spiro atoms. The zero-order valence-electron chi connectivity index (χ0n) is 18.1. The molecule has 11 heteroatoms. The van der Waals surface area contributed by atoms with Gasteiger partial charge in [0, 0.05) is 33.3 Å². The first-order valence-corrected chi connectivity index (χ1v) is 9.73. The SMILES string of the molecule is CC(=O)NC1C(Oc2ccc(C=O)cc2)OC(COC(C)=O)[C@@H](OC(C)=O)C1OC(C)=O. The molecule has 1 fully saturated rings. The van der Waals surface area contributed by atoms with Crippen molar-refractivity contribution in [3.8, 4) is 5.75 Å². The van der Waals surface area contributed by atoms with Crippen molar-refractivity contribution >= 4 is 30.1 Å². The molecule has 1 amide bonds. The first-order valence-electron chi connectivity index (χ1n) is 9.73. The van der Waals surface area contributed by atoms with E-state index >= 15 is 0 Å². The van der Waals surface area contributed by atoms with E-state index in [4.69, 9.17) is 23.7 Å². The van der Waals surface area contributed by atoms with Gasteiger partial charge in [-0.3, -0.25) is 24.0 Å². The summed E-state index contributed by atoms with van der Waals surface area (Å²) in [6, 6.07) is 4.97. The van der Waals surface area contributed by atoms with E-state index in [-0.39, 0.29) is 12.4 Å². The second-order valence-electron chi connectivity index (χ2n) is 7.02. The molecule has 0 saturated carbocycles. The van der Waals surface area contributed by atoms with E-state index in [1.165, 1.54) is 38.1 Å². The lowest BCUT2D eigenvalue weighted by molar-refractivity contribution is -0.257. The number of carbonyl (C=O) groups is 5. The van der Waals surface area contributed by atoms with E-state index in [2.05, 4.69) is 5.32 Å². The van der Waals surface area contributed by atoms with Crippen molar-refractivity contribution < 1.29 is 47.7 Å². The minimum Gasteiger partial charge on any atom is -0.463 e. The highest BCUT2D eigenvalue weighted by Gasteiger charge is 2.51. The Morgan fingerprint density at radius 3 is 2.03 bits per heavy atom. The van der Waals surface area contributed by atoms with Crippen molar-refractivity contribution in [1.82, 2.24) is 5.32 Å². The maximum Gasteiger partial charge on any atom is 0.303 e. The van der Waals surface area contributed by atoms with Crippen LogP contribution in [-0.4, -0.2) is 67.4 Å².